The van der Waals surface area contributed by atoms with Gasteiger partial charge in [-0.3, -0.25) is 15.1 Å². The van der Waals surface area contributed by atoms with E-state index in [1.807, 2.05) is 30.3 Å². The molecule has 0 unspecified atom stereocenters. The molecule has 0 spiro atoms. The Labute approximate surface area is 134 Å². The van der Waals surface area contributed by atoms with E-state index < -0.39 is 0 Å². The number of hydrogen-bond donors (Lipinski definition) is 0. The number of nitro benzene ring substituents is 1. The van der Waals surface area contributed by atoms with Gasteiger partial charge in [-0.25, -0.2) is 0 Å². The van der Waals surface area contributed by atoms with Crippen molar-refractivity contribution in [3.8, 4) is 0 Å². The summed E-state index contributed by atoms with van der Waals surface area (Å²) in [6.45, 7) is 3.95. The van der Waals surface area contributed by atoms with Crippen LogP contribution in [-0.4, -0.2) is 28.7 Å². The first-order valence-corrected chi connectivity index (χ1v) is 7.74. The zero-order chi connectivity index (χ0) is 16.0. The highest BCUT2D eigenvalue weighted by atomic mass is 16.6. The van der Waals surface area contributed by atoms with Crippen LogP contribution < -0.4 is 0 Å². The Morgan fingerprint density at radius 1 is 1.17 bits per heavy atom. The van der Waals surface area contributed by atoms with Gasteiger partial charge in [0.25, 0.3) is 5.69 Å². The largest absolute Gasteiger partial charge is 0.349 e. The van der Waals surface area contributed by atoms with Crippen LogP contribution in [0.5, 0.6) is 0 Å². The Balaban J connectivity index is 1.77. The Bertz CT molecular complexity index is 786. The Hall–Kier alpha value is -2.69. The predicted octanol–water partition coefficient (Wildman–Crippen LogP) is 3.32. The first-order chi connectivity index (χ1) is 11.1. The lowest BCUT2D eigenvalue weighted by Gasteiger charge is -2.56. The van der Waals surface area contributed by atoms with Crippen molar-refractivity contribution in [2.75, 3.05) is 13.1 Å². The van der Waals surface area contributed by atoms with Gasteiger partial charge in [-0.1, -0.05) is 42.5 Å². The second-order valence-corrected chi connectivity index (χ2v) is 6.22. The maximum Gasteiger partial charge on any atom is 0.269 e. The first kappa shape index (κ1) is 13.9. The third kappa shape index (κ3) is 1.89. The SMILES string of the molecule is C[C@@]1(c2ccccc2)C2=NCCN2[C@@H]1c1ccc([N+](=O)[O-])cc1. The summed E-state index contributed by atoms with van der Waals surface area (Å²) in [7, 11) is 0. The maximum absolute atomic E-state index is 10.9. The van der Waals surface area contributed by atoms with Crippen molar-refractivity contribution in [2.24, 2.45) is 4.99 Å². The number of nitro groups is 1. The molecule has 5 nitrogen and oxygen atoms in total. The summed E-state index contributed by atoms with van der Waals surface area (Å²) in [6.07, 6.45) is 0. The van der Waals surface area contributed by atoms with Crippen LogP contribution in [0.25, 0.3) is 0 Å². The normalized spacial score (nSPS) is 25.5. The smallest absolute Gasteiger partial charge is 0.269 e. The summed E-state index contributed by atoms with van der Waals surface area (Å²) in [5, 5.41) is 10.9. The van der Waals surface area contributed by atoms with Crippen LogP contribution in [0.4, 0.5) is 5.69 Å². The van der Waals surface area contributed by atoms with E-state index in [1.165, 1.54) is 5.56 Å². The number of benzene rings is 2. The molecular formula is C18H17N3O2. The molecule has 2 aliphatic heterocycles. The summed E-state index contributed by atoms with van der Waals surface area (Å²) < 4.78 is 0. The molecule has 0 aromatic heterocycles. The molecule has 0 N–H and O–H groups in total. The Morgan fingerprint density at radius 2 is 1.87 bits per heavy atom. The first-order valence-electron chi connectivity index (χ1n) is 7.74. The van der Waals surface area contributed by atoms with Gasteiger partial charge in [0.05, 0.1) is 22.9 Å². The molecule has 0 saturated carbocycles. The van der Waals surface area contributed by atoms with Gasteiger partial charge < -0.3 is 4.90 Å². The van der Waals surface area contributed by atoms with Crippen molar-refractivity contribution in [3.05, 3.63) is 75.8 Å². The monoisotopic (exact) mass is 307 g/mol. The Morgan fingerprint density at radius 3 is 2.52 bits per heavy atom. The Kier molecular flexibility index (Phi) is 2.98. The van der Waals surface area contributed by atoms with Crippen LogP contribution in [-0.2, 0) is 5.41 Å². The zero-order valence-corrected chi connectivity index (χ0v) is 12.8. The third-order valence-corrected chi connectivity index (χ3v) is 4.99. The lowest BCUT2D eigenvalue weighted by Crippen LogP contribution is -2.62. The summed E-state index contributed by atoms with van der Waals surface area (Å²) in [6, 6.07) is 17.5. The van der Waals surface area contributed by atoms with Gasteiger partial charge in [-0.2, -0.15) is 0 Å². The molecule has 1 saturated heterocycles. The van der Waals surface area contributed by atoms with Crippen LogP contribution in [0.2, 0.25) is 0 Å². The van der Waals surface area contributed by atoms with Gasteiger partial charge in [0.1, 0.15) is 5.84 Å². The molecule has 2 aromatic rings. The van der Waals surface area contributed by atoms with Crippen LogP contribution in [0.15, 0.2) is 59.6 Å². The van der Waals surface area contributed by atoms with E-state index in [2.05, 4.69) is 28.9 Å². The molecule has 116 valence electrons. The van der Waals surface area contributed by atoms with Crippen LogP contribution in [0.1, 0.15) is 24.1 Å². The predicted molar refractivity (Wildman–Crippen MR) is 88.6 cm³/mol. The molecule has 0 amide bonds. The molecular weight excluding hydrogens is 290 g/mol. The van der Waals surface area contributed by atoms with Crippen molar-refractivity contribution in [3.63, 3.8) is 0 Å². The minimum Gasteiger partial charge on any atom is -0.349 e. The highest BCUT2D eigenvalue weighted by Crippen LogP contribution is 2.53. The fourth-order valence-electron chi connectivity index (χ4n) is 3.91. The van der Waals surface area contributed by atoms with E-state index in [4.69, 9.17) is 0 Å². The number of nitrogens with zero attached hydrogens (tertiary/aromatic N) is 3. The van der Waals surface area contributed by atoms with Gasteiger partial charge in [0.2, 0.25) is 0 Å². The van der Waals surface area contributed by atoms with Crippen LogP contribution >= 0.6 is 0 Å². The molecule has 0 aliphatic carbocycles. The summed E-state index contributed by atoms with van der Waals surface area (Å²) in [5.74, 6) is 1.13. The molecule has 1 fully saturated rings. The molecule has 0 radical (unpaired) electrons. The molecule has 5 heteroatoms. The number of amidine groups is 1. The van der Waals surface area contributed by atoms with Gasteiger partial charge in [0, 0.05) is 18.7 Å². The molecule has 0 bridgehead atoms. The topological polar surface area (TPSA) is 58.7 Å². The molecule has 2 aromatic carbocycles. The number of hydrogen-bond acceptors (Lipinski definition) is 4. The third-order valence-electron chi connectivity index (χ3n) is 4.99. The molecule has 23 heavy (non-hydrogen) atoms. The lowest BCUT2D eigenvalue weighted by molar-refractivity contribution is -0.384. The summed E-state index contributed by atoms with van der Waals surface area (Å²) in [5.41, 5.74) is 2.29. The molecule has 2 atom stereocenters. The highest BCUT2D eigenvalue weighted by Gasteiger charge is 2.57. The average molecular weight is 307 g/mol. The van der Waals surface area contributed by atoms with Gasteiger partial charge >= 0.3 is 0 Å². The standard InChI is InChI=1S/C18H17N3O2/c1-18(14-5-3-2-4-6-14)16(20-12-11-19-17(18)20)13-7-9-15(10-8-13)21(22)23/h2-10,16H,11-12H2,1H3/t16-,18+/m1/s1. The van der Waals surface area contributed by atoms with Crippen molar-refractivity contribution in [2.45, 2.75) is 18.4 Å². The number of non-ortho nitro benzene ring substituents is 1. The highest BCUT2D eigenvalue weighted by molar-refractivity contribution is 6.01. The molecule has 2 heterocycles. The van der Waals surface area contributed by atoms with E-state index in [1.54, 1.807) is 12.1 Å². The van der Waals surface area contributed by atoms with Crippen LogP contribution in [0.3, 0.4) is 0 Å². The van der Waals surface area contributed by atoms with E-state index in [0.717, 1.165) is 24.5 Å². The fraction of sp³-hybridized carbons (Fsp3) is 0.278. The summed E-state index contributed by atoms with van der Waals surface area (Å²) in [4.78, 5) is 17.5. The van der Waals surface area contributed by atoms with E-state index in [0.29, 0.717) is 0 Å². The summed E-state index contributed by atoms with van der Waals surface area (Å²) >= 11 is 0. The fourth-order valence-corrected chi connectivity index (χ4v) is 3.91. The van der Waals surface area contributed by atoms with Crippen molar-refractivity contribution in [1.82, 2.24) is 4.90 Å². The van der Waals surface area contributed by atoms with E-state index in [-0.39, 0.29) is 22.1 Å². The minimum absolute atomic E-state index is 0.129. The average Bonchev–Trinajstić information content (AvgIpc) is 3.01. The quantitative estimate of drug-likeness (QED) is 0.645. The maximum atomic E-state index is 10.9. The van der Waals surface area contributed by atoms with Gasteiger partial charge in [0.15, 0.2) is 0 Å². The minimum atomic E-state index is -0.357. The lowest BCUT2D eigenvalue weighted by atomic mass is 9.65. The van der Waals surface area contributed by atoms with Gasteiger partial charge in [-0.15, -0.1) is 0 Å². The second kappa shape index (κ2) is 4.91. The second-order valence-electron chi connectivity index (χ2n) is 6.22. The van der Waals surface area contributed by atoms with Crippen LogP contribution in [0, 0.1) is 10.1 Å². The van der Waals surface area contributed by atoms with Gasteiger partial charge in [-0.05, 0) is 18.1 Å². The van der Waals surface area contributed by atoms with Crippen molar-refractivity contribution < 1.29 is 4.92 Å². The van der Waals surface area contributed by atoms with E-state index >= 15 is 0 Å². The number of aliphatic imine (C=N–C) groups is 1. The molecule has 4 rings (SSSR count). The number of fused-ring (bicyclic) bond motifs is 1. The van der Waals surface area contributed by atoms with Crippen molar-refractivity contribution in [1.29, 1.82) is 0 Å². The number of rotatable bonds is 3. The zero-order valence-electron chi connectivity index (χ0n) is 12.8. The van der Waals surface area contributed by atoms with Crippen molar-refractivity contribution >= 4 is 11.5 Å². The van der Waals surface area contributed by atoms with E-state index in [9.17, 15) is 10.1 Å². The molecule has 2 aliphatic rings.